The van der Waals surface area contributed by atoms with Crippen LogP contribution < -0.4 is 5.32 Å². The summed E-state index contributed by atoms with van der Waals surface area (Å²) in [7, 11) is 0. The number of thiocyanates is 1. The summed E-state index contributed by atoms with van der Waals surface area (Å²) in [5.74, 6) is -0.160. The minimum Gasteiger partial charge on any atom is -0.337 e. The Balaban J connectivity index is 1.96. The second-order valence-electron chi connectivity index (χ2n) is 5.55. The molecule has 0 bridgehead atoms. The van der Waals surface area contributed by atoms with Crippen LogP contribution in [0.2, 0.25) is 5.02 Å². The first-order valence-corrected chi connectivity index (χ1v) is 9.00. The number of nitrogens with zero attached hydrogens (tertiary/aromatic N) is 2. The minimum absolute atomic E-state index is 0.160. The molecule has 0 aliphatic rings. The van der Waals surface area contributed by atoms with Crippen LogP contribution in [0.25, 0.3) is 10.9 Å². The highest BCUT2D eigenvalue weighted by atomic mass is 35.5. The third-order valence-corrected chi connectivity index (χ3v) is 4.92. The number of carbonyl (C=O) groups is 1. The van der Waals surface area contributed by atoms with Crippen molar-refractivity contribution >= 4 is 45.9 Å². The normalized spacial score (nSPS) is 10.6. The molecule has 1 heterocycles. The summed E-state index contributed by atoms with van der Waals surface area (Å²) in [4.78, 5) is 13.7. The van der Waals surface area contributed by atoms with Gasteiger partial charge in [-0.15, -0.1) is 0 Å². The molecule has 0 unspecified atom stereocenters. The van der Waals surface area contributed by atoms with Crippen molar-refractivity contribution < 1.29 is 4.79 Å². The predicted molar refractivity (Wildman–Crippen MR) is 103 cm³/mol. The number of nitrogens with one attached hydrogen (secondary N) is 1. The van der Waals surface area contributed by atoms with Crippen LogP contribution in [0.1, 0.15) is 23.0 Å². The van der Waals surface area contributed by atoms with Gasteiger partial charge in [-0.2, -0.15) is 5.26 Å². The number of hydrogen-bond donors (Lipinski definition) is 1. The smallest absolute Gasteiger partial charge is 0.272 e. The summed E-state index contributed by atoms with van der Waals surface area (Å²) in [5, 5.41) is 15.3. The first-order valence-electron chi connectivity index (χ1n) is 7.80. The first kappa shape index (κ1) is 17.4. The topological polar surface area (TPSA) is 57.8 Å². The summed E-state index contributed by atoms with van der Waals surface area (Å²) in [6.45, 7) is 4.64. The Kier molecular flexibility index (Phi) is 5.03. The van der Waals surface area contributed by atoms with Gasteiger partial charge in [0.05, 0.1) is 0 Å². The van der Waals surface area contributed by atoms with E-state index in [1.54, 1.807) is 12.1 Å². The van der Waals surface area contributed by atoms with Crippen LogP contribution in [0, 0.1) is 17.6 Å². The maximum absolute atomic E-state index is 12.9. The monoisotopic (exact) mass is 369 g/mol. The predicted octanol–water partition coefficient (Wildman–Crippen LogP) is 5.45. The summed E-state index contributed by atoms with van der Waals surface area (Å²) in [6, 6.07) is 12.9. The van der Waals surface area contributed by atoms with Crippen LogP contribution in [0.3, 0.4) is 0 Å². The van der Waals surface area contributed by atoms with E-state index >= 15 is 0 Å². The van der Waals surface area contributed by atoms with Gasteiger partial charge in [0.25, 0.3) is 5.91 Å². The molecule has 25 heavy (non-hydrogen) atoms. The second-order valence-corrected chi connectivity index (χ2v) is 6.85. The van der Waals surface area contributed by atoms with Crippen LogP contribution in [0.15, 0.2) is 47.4 Å². The molecule has 0 radical (unpaired) electrons. The summed E-state index contributed by atoms with van der Waals surface area (Å²) in [6.07, 6.45) is 0. The van der Waals surface area contributed by atoms with E-state index in [2.05, 4.69) is 5.32 Å². The molecule has 1 N–H and O–H groups in total. The number of aryl methyl sites for hydroxylation is 2. The van der Waals surface area contributed by atoms with Crippen LogP contribution in [-0.4, -0.2) is 10.5 Å². The molecule has 3 rings (SSSR count). The highest BCUT2D eigenvalue weighted by Crippen LogP contribution is 2.29. The van der Waals surface area contributed by atoms with Crippen LogP contribution in [0.5, 0.6) is 0 Å². The Labute approximate surface area is 155 Å². The van der Waals surface area contributed by atoms with Gasteiger partial charge < -0.3 is 9.88 Å². The number of halogens is 1. The van der Waals surface area contributed by atoms with Crippen molar-refractivity contribution in [3.8, 4) is 5.40 Å². The molecule has 1 aromatic heterocycles. The third-order valence-electron chi connectivity index (χ3n) is 4.09. The minimum atomic E-state index is -0.160. The van der Waals surface area contributed by atoms with E-state index in [0.717, 1.165) is 33.1 Å². The van der Waals surface area contributed by atoms with Crippen molar-refractivity contribution in [3.63, 3.8) is 0 Å². The number of rotatable bonds is 4. The Bertz CT molecular complexity index is 987. The molecule has 0 saturated carbocycles. The zero-order valence-electron chi connectivity index (χ0n) is 13.8. The van der Waals surface area contributed by atoms with Gasteiger partial charge in [0.15, 0.2) is 0 Å². The van der Waals surface area contributed by atoms with E-state index in [1.807, 2.05) is 54.1 Å². The van der Waals surface area contributed by atoms with Crippen molar-refractivity contribution in [3.05, 3.63) is 58.7 Å². The van der Waals surface area contributed by atoms with Gasteiger partial charge in [-0.3, -0.25) is 4.79 Å². The summed E-state index contributed by atoms with van der Waals surface area (Å²) < 4.78 is 2.00. The number of anilines is 1. The van der Waals surface area contributed by atoms with E-state index < -0.39 is 0 Å². The molecular weight excluding hydrogens is 354 g/mol. The molecule has 2 aromatic carbocycles. The fraction of sp³-hybridized carbons (Fsp3) is 0.158. The summed E-state index contributed by atoms with van der Waals surface area (Å²) in [5.41, 5.74) is 3.23. The lowest BCUT2D eigenvalue weighted by Crippen LogP contribution is -2.17. The van der Waals surface area contributed by atoms with Crippen molar-refractivity contribution in [1.29, 1.82) is 5.26 Å². The second kappa shape index (κ2) is 7.22. The molecular formula is C19H16ClN3OS. The summed E-state index contributed by atoms with van der Waals surface area (Å²) >= 11 is 7.20. The van der Waals surface area contributed by atoms with Gasteiger partial charge in [0.2, 0.25) is 0 Å². The molecule has 0 atom stereocenters. The number of fused-ring (bicyclic) bond motifs is 1. The highest BCUT2D eigenvalue weighted by molar-refractivity contribution is 8.03. The van der Waals surface area contributed by atoms with E-state index in [4.69, 9.17) is 16.9 Å². The molecule has 126 valence electrons. The average molecular weight is 370 g/mol. The van der Waals surface area contributed by atoms with Crippen molar-refractivity contribution in [2.24, 2.45) is 0 Å². The standard InChI is InChI=1S/C19H16ClN3OS/c1-3-23-17-9-4-13(20)10-16(17)12(2)18(23)19(24)22-14-5-7-15(8-6-14)25-11-21/h4-10H,3H2,1-2H3,(H,22,24). The number of aromatic nitrogens is 1. The molecule has 0 saturated heterocycles. The fourth-order valence-corrected chi connectivity index (χ4v) is 3.51. The van der Waals surface area contributed by atoms with Crippen LogP contribution in [-0.2, 0) is 6.54 Å². The maximum Gasteiger partial charge on any atom is 0.272 e. The van der Waals surface area contributed by atoms with E-state index in [0.29, 0.717) is 22.9 Å². The van der Waals surface area contributed by atoms with Gasteiger partial charge in [-0.05, 0) is 73.6 Å². The number of benzene rings is 2. The Morgan fingerprint density at radius 3 is 2.64 bits per heavy atom. The Hall–Kier alpha value is -2.42. The molecule has 1 amide bonds. The van der Waals surface area contributed by atoms with E-state index in [1.165, 1.54) is 0 Å². The molecule has 0 aliphatic heterocycles. The van der Waals surface area contributed by atoms with E-state index in [-0.39, 0.29) is 5.91 Å². The van der Waals surface area contributed by atoms with Gasteiger partial charge in [0.1, 0.15) is 11.1 Å². The fourth-order valence-electron chi connectivity index (χ4n) is 2.97. The molecule has 0 aliphatic carbocycles. The lowest BCUT2D eigenvalue weighted by molar-refractivity contribution is 0.101. The third kappa shape index (κ3) is 3.37. The first-order chi connectivity index (χ1) is 12.0. The maximum atomic E-state index is 12.9. The lowest BCUT2D eigenvalue weighted by Gasteiger charge is -2.10. The van der Waals surface area contributed by atoms with Gasteiger partial charge in [-0.1, -0.05) is 11.6 Å². The van der Waals surface area contributed by atoms with Gasteiger partial charge >= 0.3 is 0 Å². The molecule has 0 spiro atoms. The van der Waals surface area contributed by atoms with Crippen LogP contribution in [0.4, 0.5) is 5.69 Å². The van der Waals surface area contributed by atoms with Gasteiger partial charge in [0, 0.05) is 33.1 Å². The largest absolute Gasteiger partial charge is 0.337 e. The average Bonchev–Trinajstić information content (AvgIpc) is 2.88. The zero-order valence-corrected chi connectivity index (χ0v) is 15.4. The SMILES string of the molecule is CCn1c(C(=O)Nc2ccc(SC#N)cc2)c(C)c2cc(Cl)ccc21. The lowest BCUT2D eigenvalue weighted by atomic mass is 10.1. The van der Waals surface area contributed by atoms with E-state index in [9.17, 15) is 4.79 Å². The number of amides is 1. The Morgan fingerprint density at radius 2 is 2.00 bits per heavy atom. The van der Waals surface area contributed by atoms with Gasteiger partial charge in [-0.25, -0.2) is 0 Å². The number of hydrogen-bond acceptors (Lipinski definition) is 3. The number of thioether (sulfide) groups is 1. The molecule has 6 heteroatoms. The van der Waals surface area contributed by atoms with Crippen molar-refractivity contribution in [1.82, 2.24) is 4.57 Å². The molecule has 3 aromatic rings. The molecule has 4 nitrogen and oxygen atoms in total. The zero-order chi connectivity index (χ0) is 18.0. The van der Waals surface area contributed by atoms with Crippen molar-refractivity contribution in [2.75, 3.05) is 5.32 Å². The number of carbonyl (C=O) groups excluding carboxylic acids is 1. The number of nitriles is 1. The highest BCUT2D eigenvalue weighted by Gasteiger charge is 2.19. The quantitative estimate of drug-likeness (QED) is 0.491. The molecule has 0 fully saturated rings. The van der Waals surface area contributed by atoms with Crippen LogP contribution >= 0.6 is 23.4 Å². The Morgan fingerprint density at radius 1 is 1.28 bits per heavy atom. The van der Waals surface area contributed by atoms with Crippen molar-refractivity contribution in [2.45, 2.75) is 25.3 Å².